The fourth-order valence-corrected chi connectivity index (χ4v) is 2.53. The molecule has 1 unspecified atom stereocenters. The highest BCUT2D eigenvalue weighted by Crippen LogP contribution is 2.13. The molecule has 0 saturated carbocycles. The van der Waals surface area contributed by atoms with Crippen LogP contribution in [0.15, 0.2) is 6.20 Å². The molecule has 20 heavy (non-hydrogen) atoms. The number of aromatic nitrogens is 3. The maximum absolute atomic E-state index is 11.3. The first-order valence-corrected chi connectivity index (χ1v) is 6.90. The van der Waals surface area contributed by atoms with Crippen molar-refractivity contribution in [2.75, 3.05) is 33.7 Å². The molecule has 0 bridgehead atoms. The summed E-state index contributed by atoms with van der Waals surface area (Å²) in [7, 11) is 4.30. The Bertz CT molecular complexity index is 447. The Morgan fingerprint density at radius 2 is 2.45 bits per heavy atom. The molecule has 0 spiro atoms. The number of rotatable bonds is 5. The van der Waals surface area contributed by atoms with Gasteiger partial charge in [-0.1, -0.05) is 5.21 Å². The predicted molar refractivity (Wildman–Crippen MR) is 74.8 cm³/mol. The Hall–Kier alpha value is -1.51. The molecule has 1 aliphatic heterocycles. The summed E-state index contributed by atoms with van der Waals surface area (Å²) < 4.78 is 1.67. The maximum atomic E-state index is 11.3. The molecule has 1 fully saturated rings. The van der Waals surface area contributed by atoms with Crippen LogP contribution in [-0.2, 0) is 6.54 Å². The van der Waals surface area contributed by atoms with Gasteiger partial charge in [-0.3, -0.25) is 14.9 Å². The number of likely N-dealkylation sites (N-methyl/N-ethyl adjacent to an activating group) is 2. The van der Waals surface area contributed by atoms with Crippen molar-refractivity contribution in [2.24, 2.45) is 5.84 Å². The van der Waals surface area contributed by atoms with Crippen LogP contribution in [0.5, 0.6) is 0 Å². The average Bonchev–Trinajstić information content (AvgIpc) is 2.92. The normalized spacial score (nSPS) is 20.3. The van der Waals surface area contributed by atoms with E-state index < -0.39 is 5.91 Å². The Balaban J connectivity index is 1.82. The average molecular weight is 281 g/mol. The number of hydrogen-bond acceptors (Lipinski definition) is 6. The van der Waals surface area contributed by atoms with Gasteiger partial charge >= 0.3 is 0 Å². The van der Waals surface area contributed by atoms with Gasteiger partial charge in [0.25, 0.3) is 5.91 Å². The fraction of sp³-hybridized carbons (Fsp3) is 0.750. The second kappa shape index (κ2) is 6.78. The minimum Gasteiger partial charge on any atom is -0.305 e. The lowest BCUT2D eigenvalue weighted by Crippen LogP contribution is -2.45. The molecule has 1 saturated heterocycles. The van der Waals surface area contributed by atoms with Gasteiger partial charge in [0.1, 0.15) is 0 Å². The van der Waals surface area contributed by atoms with Crippen molar-refractivity contribution in [2.45, 2.75) is 25.4 Å². The van der Waals surface area contributed by atoms with Crippen LogP contribution >= 0.6 is 0 Å². The first-order valence-electron chi connectivity index (χ1n) is 6.90. The standard InChI is InChI=1S/C12H23N7O/c1-17-5-3-4-10(8-17)18(2)6-7-19-9-11(15-16-19)12(20)14-13/h9-10H,3-8,13H2,1-2H3,(H,14,20). The lowest BCUT2D eigenvalue weighted by molar-refractivity contribution is 0.0948. The summed E-state index contributed by atoms with van der Waals surface area (Å²) >= 11 is 0. The summed E-state index contributed by atoms with van der Waals surface area (Å²) in [5.41, 5.74) is 2.29. The molecule has 8 nitrogen and oxygen atoms in total. The number of hydrogen-bond donors (Lipinski definition) is 2. The van der Waals surface area contributed by atoms with E-state index in [1.807, 2.05) is 5.43 Å². The van der Waals surface area contributed by atoms with Gasteiger partial charge in [-0.15, -0.1) is 5.10 Å². The van der Waals surface area contributed by atoms with Crippen molar-refractivity contribution in [3.63, 3.8) is 0 Å². The van der Waals surface area contributed by atoms with Gasteiger partial charge < -0.3 is 9.80 Å². The van der Waals surface area contributed by atoms with E-state index in [0.717, 1.165) is 13.1 Å². The van der Waals surface area contributed by atoms with Crippen LogP contribution in [0.25, 0.3) is 0 Å². The van der Waals surface area contributed by atoms with E-state index in [1.54, 1.807) is 10.9 Å². The molecular weight excluding hydrogens is 258 g/mol. The number of piperidine rings is 1. The first kappa shape index (κ1) is 14.9. The highest BCUT2D eigenvalue weighted by atomic mass is 16.2. The smallest absolute Gasteiger partial charge is 0.287 e. The van der Waals surface area contributed by atoms with Crippen LogP contribution in [0.2, 0.25) is 0 Å². The largest absolute Gasteiger partial charge is 0.305 e. The van der Waals surface area contributed by atoms with Gasteiger partial charge in [0.15, 0.2) is 5.69 Å². The van der Waals surface area contributed by atoms with Crippen molar-refractivity contribution in [3.05, 3.63) is 11.9 Å². The third kappa shape index (κ3) is 3.75. The highest BCUT2D eigenvalue weighted by molar-refractivity contribution is 5.91. The van der Waals surface area contributed by atoms with Gasteiger partial charge in [-0.05, 0) is 33.5 Å². The van der Waals surface area contributed by atoms with Crippen LogP contribution in [0.4, 0.5) is 0 Å². The molecule has 112 valence electrons. The van der Waals surface area contributed by atoms with Crippen molar-refractivity contribution >= 4 is 5.91 Å². The second-order valence-electron chi connectivity index (χ2n) is 5.38. The summed E-state index contributed by atoms with van der Waals surface area (Å²) in [4.78, 5) is 16.0. The monoisotopic (exact) mass is 281 g/mol. The Labute approximate surface area is 118 Å². The third-order valence-electron chi connectivity index (χ3n) is 3.81. The topological polar surface area (TPSA) is 92.3 Å². The molecule has 0 radical (unpaired) electrons. The zero-order chi connectivity index (χ0) is 14.5. The number of nitrogens with two attached hydrogens (primary N) is 1. The minimum absolute atomic E-state index is 0.243. The quantitative estimate of drug-likeness (QED) is 0.405. The van der Waals surface area contributed by atoms with E-state index >= 15 is 0 Å². The molecule has 1 aromatic rings. The van der Waals surface area contributed by atoms with Crippen LogP contribution in [0, 0.1) is 0 Å². The molecule has 2 heterocycles. The van der Waals surface area contributed by atoms with Gasteiger partial charge in [0.2, 0.25) is 0 Å². The second-order valence-corrected chi connectivity index (χ2v) is 5.38. The third-order valence-corrected chi connectivity index (χ3v) is 3.81. The number of carbonyl (C=O) groups is 1. The number of nitrogens with one attached hydrogen (secondary N) is 1. The SMILES string of the molecule is CN1CCCC(N(C)CCn2cc(C(=O)NN)nn2)C1. The van der Waals surface area contributed by atoms with Crippen LogP contribution in [0.1, 0.15) is 23.3 Å². The van der Waals surface area contributed by atoms with Crippen molar-refractivity contribution in [1.29, 1.82) is 0 Å². The van der Waals surface area contributed by atoms with E-state index in [-0.39, 0.29) is 5.69 Å². The van der Waals surface area contributed by atoms with Crippen molar-refractivity contribution in [3.8, 4) is 0 Å². The Kier molecular flexibility index (Phi) is 5.05. The molecule has 1 atom stereocenters. The van der Waals surface area contributed by atoms with E-state index in [9.17, 15) is 4.79 Å². The van der Waals surface area contributed by atoms with Crippen LogP contribution < -0.4 is 11.3 Å². The van der Waals surface area contributed by atoms with Gasteiger partial charge in [-0.25, -0.2) is 5.84 Å². The summed E-state index contributed by atoms with van der Waals surface area (Å²) in [5.74, 6) is 4.64. The van der Waals surface area contributed by atoms with E-state index in [2.05, 4.69) is 34.2 Å². The molecule has 8 heteroatoms. The molecule has 1 amide bonds. The number of likely N-dealkylation sites (tertiary alicyclic amines) is 1. The van der Waals surface area contributed by atoms with E-state index in [1.165, 1.54) is 19.4 Å². The molecule has 0 aliphatic carbocycles. The number of hydrazine groups is 1. The number of amides is 1. The molecule has 2 rings (SSSR count). The summed E-state index contributed by atoms with van der Waals surface area (Å²) in [5, 5.41) is 7.71. The summed E-state index contributed by atoms with van der Waals surface area (Å²) in [6.45, 7) is 3.88. The Morgan fingerprint density at radius 1 is 1.65 bits per heavy atom. The van der Waals surface area contributed by atoms with Gasteiger partial charge in [-0.2, -0.15) is 0 Å². The number of nitrogens with zero attached hydrogens (tertiary/aromatic N) is 5. The Morgan fingerprint density at radius 3 is 3.15 bits per heavy atom. The molecule has 1 aliphatic rings. The van der Waals surface area contributed by atoms with Crippen molar-refractivity contribution < 1.29 is 4.79 Å². The van der Waals surface area contributed by atoms with E-state index in [0.29, 0.717) is 12.6 Å². The zero-order valence-corrected chi connectivity index (χ0v) is 12.1. The summed E-state index contributed by atoms with van der Waals surface area (Å²) in [6, 6.07) is 0.587. The van der Waals surface area contributed by atoms with Crippen LogP contribution in [0.3, 0.4) is 0 Å². The number of nitrogen functional groups attached to an aromatic ring is 1. The molecule has 1 aromatic heterocycles. The van der Waals surface area contributed by atoms with Crippen LogP contribution in [-0.4, -0.2) is 70.5 Å². The minimum atomic E-state index is -0.418. The zero-order valence-electron chi connectivity index (χ0n) is 12.1. The fourth-order valence-electron chi connectivity index (χ4n) is 2.53. The molecule has 0 aromatic carbocycles. The molecule has 3 N–H and O–H groups in total. The number of carbonyl (C=O) groups excluding carboxylic acids is 1. The van der Waals surface area contributed by atoms with Gasteiger partial charge in [0, 0.05) is 19.1 Å². The van der Waals surface area contributed by atoms with E-state index in [4.69, 9.17) is 5.84 Å². The predicted octanol–water partition coefficient (Wildman–Crippen LogP) is -1.09. The lowest BCUT2D eigenvalue weighted by atomic mass is 10.1. The maximum Gasteiger partial charge on any atom is 0.287 e. The van der Waals surface area contributed by atoms with Crippen molar-refractivity contribution in [1.82, 2.24) is 30.2 Å². The summed E-state index contributed by atoms with van der Waals surface area (Å²) in [6.07, 6.45) is 4.09. The lowest BCUT2D eigenvalue weighted by Gasteiger charge is -2.35. The molecular formula is C12H23N7O. The van der Waals surface area contributed by atoms with Gasteiger partial charge in [0.05, 0.1) is 12.7 Å². The first-order chi connectivity index (χ1) is 9.60. The highest BCUT2D eigenvalue weighted by Gasteiger charge is 2.20.